The van der Waals surface area contributed by atoms with Crippen molar-refractivity contribution in [3.05, 3.63) is 58.9 Å². The van der Waals surface area contributed by atoms with E-state index in [9.17, 15) is 12.8 Å². The number of fused-ring (bicyclic) bond motifs is 1. The normalized spacial score (nSPS) is 15.5. The number of nitrogens with one attached hydrogen (secondary N) is 1. The van der Waals surface area contributed by atoms with Crippen LogP contribution in [0.2, 0.25) is 0 Å². The SMILES string of the molecule is COc1cc2c(cc1S(=O)(=O)NC(C)c1ccc(F)cc1)CCCC2. The Morgan fingerprint density at radius 3 is 2.28 bits per heavy atom. The number of ether oxygens (including phenoxy) is 1. The molecule has 1 unspecified atom stereocenters. The van der Waals surface area contributed by atoms with E-state index in [-0.39, 0.29) is 10.7 Å². The van der Waals surface area contributed by atoms with E-state index in [0.717, 1.165) is 36.8 Å². The zero-order chi connectivity index (χ0) is 18.0. The number of methoxy groups -OCH3 is 1. The average molecular weight is 363 g/mol. The van der Waals surface area contributed by atoms with E-state index in [1.54, 1.807) is 25.1 Å². The van der Waals surface area contributed by atoms with Crippen LogP contribution in [-0.2, 0) is 22.9 Å². The number of sulfonamides is 1. The third-order valence-corrected chi connectivity index (χ3v) is 6.18. The van der Waals surface area contributed by atoms with Gasteiger partial charge in [0.2, 0.25) is 10.0 Å². The van der Waals surface area contributed by atoms with Gasteiger partial charge in [0.05, 0.1) is 7.11 Å². The van der Waals surface area contributed by atoms with Crippen LogP contribution in [0.4, 0.5) is 4.39 Å². The van der Waals surface area contributed by atoms with Gasteiger partial charge in [-0.1, -0.05) is 12.1 Å². The summed E-state index contributed by atoms with van der Waals surface area (Å²) < 4.78 is 46.8. The summed E-state index contributed by atoms with van der Waals surface area (Å²) in [5.41, 5.74) is 2.93. The van der Waals surface area contributed by atoms with Crippen LogP contribution in [0.5, 0.6) is 5.75 Å². The maximum atomic E-state index is 13.1. The quantitative estimate of drug-likeness (QED) is 0.880. The van der Waals surface area contributed by atoms with Crippen molar-refractivity contribution in [1.29, 1.82) is 0 Å². The van der Waals surface area contributed by atoms with Gasteiger partial charge in [-0.25, -0.2) is 17.5 Å². The highest BCUT2D eigenvalue weighted by Crippen LogP contribution is 2.32. The Labute approximate surface area is 148 Å². The van der Waals surface area contributed by atoms with Crippen molar-refractivity contribution in [3.8, 4) is 5.75 Å². The van der Waals surface area contributed by atoms with Crippen molar-refractivity contribution >= 4 is 10.0 Å². The fraction of sp³-hybridized carbons (Fsp3) is 0.368. The summed E-state index contributed by atoms with van der Waals surface area (Å²) in [6.07, 6.45) is 4.02. The highest BCUT2D eigenvalue weighted by molar-refractivity contribution is 7.89. The molecule has 1 N–H and O–H groups in total. The van der Waals surface area contributed by atoms with Crippen molar-refractivity contribution < 1.29 is 17.5 Å². The summed E-state index contributed by atoms with van der Waals surface area (Å²) in [5.74, 6) is 0.00891. The Hall–Kier alpha value is -1.92. The highest BCUT2D eigenvalue weighted by atomic mass is 32.2. The maximum Gasteiger partial charge on any atom is 0.244 e. The van der Waals surface area contributed by atoms with Gasteiger partial charge in [0, 0.05) is 6.04 Å². The van der Waals surface area contributed by atoms with Gasteiger partial charge in [-0.15, -0.1) is 0 Å². The summed E-state index contributed by atoms with van der Waals surface area (Å²) in [4.78, 5) is 0.157. The van der Waals surface area contributed by atoms with E-state index in [1.165, 1.54) is 19.2 Å². The minimum absolute atomic E-state index is 0.157. The molecule has 0 fully saturated rings. The van der Waals surface area contributed by atoms with Gasteiger partial charge >= 0.3 is 0 Å². The van der Waals surface area contributed by atoms with E-state index in [2.05, 4.69) is 4.72 Å². The van der Waals surface area contributed by atoms with Crippen molar-refractivity contribution in [2.75, 3.05) is 7.11 Å². The van der Waals surface area contributed by atoms with Gasteiger partial charge in [0.25, 0.3) is 0 Å². The number of aryl methyl sites for hydroxylation is 2. The molecule has 4 nitrogen and oxygen atoms in total. The lowest BCUT2D eigenvalue weighted by Gasteiger charge is -2.21. The van der Waals surface area contributed by atoms with E-state index in [4.69, 9.17) is 4.74 Å². The molecule has 0 aliphatic heterocycles. The molecule has 0 saturated heterocycles. The predicted octanol–water partition coefficient (Wildman–Crippen LogP) is 3.75. The zero-order valence-corrected chi connectivity index (χ0v) is 15.2. The van der Waals surface area contributed by atoms with Gasteiger partial charge in [-0.3, -0.25) is 0 Å². The van der Waals surface area contributed by atoms with Crippen LogP contribution in [0, 0.1) is 5.82 Å². The van der Waals surface area contributed by atoms with Gasteiger partial charge in [0.1, 0.15) is 16.5 Å². The van der Waals surface area contributed by atoms with E-state index >= 15 is 0 Å². The monoisotopic (exact) mass is 363 g/mol. The summed E-state index contributed by atoms with van der Waals surface area (Å²) >= 11 is 0. The second kappa shape index (κ2) is 7.14. The van der Waals surface area contributed by atoms with Gasteiger partial charge in [0.15, 0.2) is 0 Å². The summed E-state index contributed by atoms with van der Waals surface area (Å²) in [6, 6.07) is 8.88. The Morgan fingerprint density at radius 2 is 1.68 bits per heavy atom. The molecular weight excluding hydrogens is 341 g/mol. The first kappa shape index (κ1) is 17.9. The molecule has 25 heavy (non-hydrogen) atoms. The molecule has 1 aliphatic rings. The van der Waals surface area contributed by atoms with Crippen molar-refractivity contribution in [3.63, 3.8) is 0 Å². The van der Waals surface area contributed by atoms with Gasteiger partial charge in [-0.2, -0.15) is 0 Å². The lowest BCUT2D eigenvalue weighted by Crippen LogP contribution is -2.27. The number of hydrogen-bond donors (Lipinski definition) is 1. The van der Waals surface area contributed by atoms with Crippen LogP contribution in [0.15, 0.2) is 41.3 Å². The van der Waals surface area contributed by atoms with E-state index in [0.29, 0.717) is 11.3 Å². The second-order valence-corrected chi connectivity index (χ2v) is 8.06. The summed E-state index contributed by atoms with van der Waals surface area (Å²) in [5, 5.41) is 0. The van der Waals surface area contributed by atoms with Crippen LogP contribution in [0.3, 0.4) is 0 Å². The molecule has 2 aromatic rings. The van der Waals surface area contributed by atoms with Crippen molar-refractivity contribution in [2.24, 2.45) is 0 Å². The fourth-order valence-electron chi connectivity index (χ4n) is 3.23. The van der Waals surface area contributed by atoms with Gasteiger partial charge in [-0.05, 0) is 73.6 Å². The standard InChI is InChI=1S/C19H22FNO3S/c1-13(14-7-9-17(20)10-8-14)21-25(22,23)19-12-16-6-4-3-5-15(16)11-18(19)24-2/h7-13,21H,3-6H2,1-2H3. The minimum Gasteiger partial charge on any atom is -0.495 e. The molecule has 0 radical (unpaired) electrons. The molecule has 6 heteroatoms. The molecular formula is C19H22FNO3S. The first-order valence-corrected chi connectivity index (χ1v) is 9.86. The third-order valence-electron chi connectivity index (χ3n) is 4.62. The topological polar surface area (TPSA) is 55.4 Å². The molecule has 0 bridgehead atoms. The molecule has 2 aromatic carbocycles. The van der Waals surface area contributed by atoms with Crippen molar-refractivity contribution in [2.45, 2.75) is 43.5 Å². The Kier molecular flexibility index (Phi) is 5.11. The predicted molar refractivity (Wildman–Crippen MR) is 94.8 cm³/mol. The van der Waals surface area contributed by atoms with Crippen LogP contribution in [-0.4, -0.2) is 15.5 Å². The molecule has 0 amide bonds. The maximum absolute atomic E-state index is 13.1. The third kappa shape index (κ3) is 3.85. The molecule has 0 heterocycles. The molecule has 134 valence electrons. The number of halogens is 1. The lowest BCUT2D eigenvalue weighted by atomic mass is 9.92. The molecule has 3 rings (SSSR count). The number of rotatable bonds is 5. The largest absolute Gasteiger partial charge is 0.495 e. The Morgan fingerprint density at radius 1 is 1.08 bits per heavy atom. The zero-order valence-electron chi connectivity index (χ0n) is 14.4. The molecule has 1 aliphatic carbocycles. The van der Waals surface area contributed by atoms with Crippen LogP contribution in [0.25, 0.3) is 0 Å². The average Bonchev–Trinajstić information content (AvgIpc) is 2.60. The molecule has 0 spiro atoms. The van der Waals surface area contributed by atoms with E-state index in [1.807, 2.05) is 6.07 Å². The smallest absolute Gasteiger partial charge is 0.244 e. The van der Waals surface area contributed by atoms with Crippen LogP contribution in [0.1, 0.15) is 42.5 Å². The summed E-state index contributed by atoms with van der Waals surface area (Å²) in [6.45, 7) is 1.73. The van der Waals surface area contributed by atoms with E-state index < -0.39 is 16.1 Å². The van der Waals surface area contributed by atoms with Crippen LogP contribution < -0.4 is 9.46 Å². The lowest BCUT2D eigenvalue weighted by molar-refractivity contribution is 0.400. The Bertz CT molecular complexity index is 863. The highest BCUT2D eigenvalue weighted by Gasteiger charge is 2.25. The van der Waals surface area contributed by atoms with Crippen LogP contribution >= 0.6 is 0 Å². The minimum atomic E-state index is -3.76. The number of hydrogen-bond acceptors (Lipinski definition) is 3. The number of benzene rings is 2. The first-order valence-electron chi connectivity index (χ1n) is 8.38. The first-order chi connectivity index (χ1) is 11.9. The van der Waals surface area contributed by atoms with Gasteiger partial charge < -0.3 is 4.74 Å². The summed E-state index contributed by atoms with van der Waals surface area (Å²) in [7, 11) is -2.28. The fourth-order valence-corrected chi connectivity index (χ4v) is 4.66. The van der Waals surface area contributed by atoms with Crippen molar-refractivity contribution in [1.82, 2.24) is 4.72 Å². The second-order valence-electron chi connectivity index (χ2n) is 6.37. The molecule has 0 aromatic heterocycles. The Balaban J connectivity index is 1.92. The molecule has 1 atom stereocenters. The molecule has 0 saturated carbocycles.